The Morgan fingerprint density at radius 2 is 1.52 bits per heavy atom. The first-order valence-electron chi connectivity index (χ1n) is 9.16. The van der Waals surface area contributed by atoms with Gasteiger partial charge in [0.15, 0.2) is 6.10 Å². The van der Waals surface area contributed by atoms with Crippen LogP contribution < -0.4 is 10.5 Å². The number of para-hydroxylation sites is 1. The van der Waals surface area contributed by atoms with Gasteiger partial charge in [-0.25, -0.2) is 0 Å². The third-order valence-electron chi connectivity index (χ3n) is 4.85. The van der Waals surface area contributed by atoms with Crippen molar-refractivity contribution in [2.75, 3.05) is 26.2 Å². The number of amides is 2. The molecule has 1 aromatic carbocycles. The van der Waals surface area contributed by atoms with Crippen molar-refractivity contribution < 1.29 is 14.3 Å². The van der Waals surface area contributed by atoms with Crippen molar-refractivity contribution >= 4 is 24.2 Å². The van der Waals surface area contributed by atoms with E-state index in [2.05, 4.69) is 0 Å². The largest absolute Gasteiger partial charge is 0.481 e. The second kappa shape index (κ2) is 9.42. The highest BCUT2D eigenvalue weighted by atomic mass is 35.5. The lowest BCUT2D eigenvalue weighted by Crippen LogP contribution is -2.58. The van der Waals surface area contributed by atoms with Crippen LogP contribution in [0.4, 0.5) is 0 Å². The summed E-state index contributed by atoms with van der Waals surface area (Å²) in [5.74, 6) is 0.618. The lowest BCUT2D eigenvalue weighted by Gasteiger charge is -2.38. The van der Waals surface area contributed by atoms with Crippen molar-refractivity contribution in [2.24, 2.45) is 11.1 Å². The zero-order valence-corrected chi connectivity index (χ0v) is 17.7. The Morgan fingerprint density at radius 3 is 2.00 bits per heavy atom. The van der Waals surface area contributed by atoms with E-state index >= 15 is 0 Å². The molecular weight excluding hydrogens is 366 g/mol. The van der Waals surface area contributed by atoms with E-state index in [1.54, 1.807) is 16.7 Å². The molecule has 1 aromatic rings. The number of benzene rings is 1. The van der Waals surface area contributed by atoms with Crippen molar-refractivity contribution in [3.05, 3.63) is 29.8 Å². The second-order valence-corrected chi connectivity index (χ2v) is 8.02. The fraction of sp³-hybridized carbons (Fsp3) is 0.600. The van der Waals surface area contributed by atoms with Gasteiger partial charge < -0.3 is 20.3 Å². The minimum absolute atomic E-state index is 0. The van der Waals surface area contributed by atoms with E-state index in [0.29, 0.717) is 26.2 Å². The number of nitrogens with zero attached hydrogens (tertiary/aromatic N) is 2. The summed E-state index contributed by atoms with van der Waals surface area (Å²) in [6.45, 7) is 11.6. The monoisotopic (exact) mass is 397 g/mol. The normalized spacial score (nSPS) is 17.0. The Bertz CT molecular complexity index is 652. The number of rotatable bonds is 4. The van der Waals surface area contributed by atoms with E-state index in [4.69, 9.17) is 10.5 Å². The van der Waals surface area contributed by atoms with E-state index < -0.39 is 12.1 Å². The van der Waals surface area contributed by atoms with Gasteiger partial charge in [0, 0.05) is 26.2 Å². The molecule has 1 unspecified atom stereocenters. The molecule has 7 heteroatoms. The summed E-state index contributed by atoms with van der Waals surface area (Å²) in [6.07, 6.45) is -0.560. The van der Waals surface area contributed by atoms with Crippen LogP contribution in [0.2, 0.25) is 0 Å². The number of piperazine rings is 1. The Balaban J connectivity index is 0.00000364. The fourth-order valence-electron chi connectivity index (χ4n) is 2.90. The molecule has 152 valence electrons. The molecule has 1 aliphatic rings. The molecule has 2 atom stereocenters. The average Bonchev–Trinajstić information content (AvgIpc) is 2.61. The minimum Gasteiger partial charge on any atom is -0.481 e. The van der Waals surface area contributed by atoms with E-state index in [1.165, 1.54) is 0 Å². The van der Waals surface area contributed by atoms with Gasteiger partial charge >= 0.3 is 0 Å². The Morgan fingerprint density at radius 1 is 1.04 bits per heavy atom. The number of halogens is 1. The number of hydrogen-bond donors (Lipinski definition) is 1. The fourth-order valence-corrected chi connectivity index (χ4v) is 2.90. The number of hydrogen-bond acceptors (Lipinski definition) is 4. The van der Waals surface area contributed by atoms with Crippen LogP contribution in [-0.4, -0.2) is 59.9 Å². The van der Waals surface area contributed by atoms with Crippen LogP contribution in [0.15, 0.2) is 24.3 Å². The number of carbonyl (C=O) groups is 2. The predicted molar refractivity (Wildman–Crippen MR) is 109 cm³/mol. The van der Waals surface area contributed by atoms with Crippen molar-refractivity contribution in [1.82, 2.24) is 9.80 Å². The van der Waals surface area contributed by atoms with E-state index in [0.717, 1.165) is 11.3 Å². The summed E-state index contributed by atoms with van der Waals surface area (Å²) >= 11 is 0. The van der Waals surface area contributed by atoms with Crippen molar-refractivity contribution in [3.63, 3.8) is 0 Å². The maximum absolute atomic E-state index is 12.7. The third kappa shape index (κ3) is 5.84. The molecule has 0 spiro atoms. The molecule has 6 nitrogen and oxygen atoms in total. The zero-order chi connectivity index (χ0) is 19.5. The molecule has 0 saturated carbocycles. The first kappa shape index (κ1) is 23.2. The smallest absolute Gasteiger partial charge is 0.263 e. The summed E-state index contributed by atoms with van der Waals surface area (Å²) in [7, 11) is 0. The van der Waals surface area contributed by atoms with Crippen LogP contribution in [0.1, 0.15) is 33.3 Å². The quantitative estimate of drug-likeness (QED) is 0.845. The van der Waals surface area contributed by atoms with E-state index in [1.807, 2.05) is 52.0 Å². The van der Waals surface area contributed by atoms with Gasteiger partial charge in [0.05, 0.1) is 6.04 Å². The summed E-state index contributed by atoms with van der Waals surface area (Å²) in [6, 6.07) is 7.11. The lowest BCUT2D eigenvalue weighted by atomic mass is 9.86. The highest BCUT2D eigenvalue weighted by molar-refractivity contribution is 5.85. The van der Waals surface area contributed by atoms with E-state index in [9.17, 15) is 9.59 Å². The maximum atomic E-state index is 12.7. The van der Waals surface area contributed by atoms with Gasteiger partial charge in [0.1, 0.15) is 5.75 Å². The Labute approximate surface area is 168 Å². The lowest BCUT2D eigenvalue weighted by molar-refractivity contribution is -0.145. The second-order valence-electron chi connectivity index (χ2n) is 8.02. The standard InChI is InChI=1S/C20H31N3O3.ClH/c1-14-8-6-7-9-16(14)26-15(2)18(24)22-10-12-23(13-11-22)19(25)17(21)20(3,4)5;/h6-9,15,17H,10-13,21H2,1-5H3;1H/t15?,17-;/m1./s1. The molecular formula is C20H32ClN3O3. The molecule has 1 fully saturated rings. The topological polar surface area (TPSA) is 75.9 Å². The van der Waals surface area contributed by atoms with Gasteiger partial charge in [-0.1, -0.05) is 39.0 Å². The Hall–Kier alpha value is -1.79. The number of nitrogens with two attached hydrogens (primary N) is 1. The van der Waals surface area contributed by atoms with Gasteiger partial charge in [-0.15, -0.1) is 12.4 Å². The van der Waals surface area contributed by atoms with E-state index in [-0.39, 0.29) is 29.6 Å². The highest BCUT2D eigenvalue weighted by Crippen LogP contribution is 2.21. The number of aryl methyl sites for hydroxylation is 1. The summed E-state index contributed by atoms with van der Waals surface area (Å²) in [5, 5.41) is 0. The van der Waals surface area contributed by atoms with Gasteiger partial charge in [0.25, 0.3) is 5.91 Å². The molecule has 0 aliphatic carbocycles. The predicted octanol–water partition coefficient (Wildman–Crippen LogP) is 2.23. The van der Waals surface area contributed by atoms with Crippen LogP contribution in [0.3, 0.4) is 0 Å². The first-order chi connectivity index (χ1) is 12.1. The third-order valence-corrected chi connectivity index (χ3v) is 4.85. The maximum Gasteiger partial charge on any atom is 0.263 e. The molecule has 1 heterocycles. The zero-order valence-electron chi connectivity index (χ0n) is 16.9. The van der Waals surface area contributed by atoms with Crippen molar-refractivity contribution in [1.29, 1.82) is 0 Å². The molecule has 2 N–H and O–H groups in total. The van der Waals surface area contributed by atoms with Crippen molar-refractivity contribution in [2.45, 2.75) is 46.8 Å². The molecule has 27 heavy (non-hydrogen) atoms. The van der Waals surface area contributed by atoms with Crippen LogP contribution >= 0.6 is 12.4 Å². The van der Waals surface area contributed by atoms with Gasteiger partial charge in [-0.2, -0.15) is 0 Å². The molecule has 0 bridgehead atoms. The number of ether oxygens (including phenoxy) is 1. The summed E-state index contributed by atoms with van der Waals surface area (Å²) in [4.78, 5) is 28.7. The summed E-state index contributed by atoms with van der Waals surface area (Å²) in [5.41, 5.74) is 6.80. The molecule has 0 aromatic heterocycles. The highest BCUT2D eigenvalue weighted by Gasteiger charge is 2.34. The van der Waals surface area contributed by atoms with Gasteiger partial charge in [0.2, 0.25) is 5.91 Å². The number of carbonyl (C=O) groups excluding carboxylic acids is 2. The molecule has 1 saturated heterocycles. The van der Waals surface area contributed by atoms with Crippen molar-refractivity contribution in [3.8, 4) is 5.75 Å². The van der Waals surface area contributed by atoms with Gasteiger partial charge in [-0.3, -0.25) is 9.59 Å². The first-order valence-corrected chi connectivity index (χ1v) is 9.16. The van der Waals surface area contributed by atoms with Crippen LogP contribution in [0.25, 0.3) is 0 Å². The molecule has 1 aliphatic heterocycles. The van der Waals surface area contributed by atoms with Crippen LogP contribution in [0.5, 0.6) is 5.75 Å². The average molecular weight is 398 g/mol. The van der Waals surface area contributed by atoms with Crippen LogP contribution in [-0.2, 0) is 9.59 Å². The molecule has 0 radical (unpaired) electrons. The SMILES string of the molecule is Cc1ccccc1OC(C)C(=O)N1CCN(C(=O)[C@@H](N)C(C)(C)C)CC1.Cl. The minimum atomic E-state index is -0.560. The van der Waals surface area contributed by atoms with Crippen LogP contribution in [0, 0.1) is 12.3 Å². The molecule has 2 rings (SSSR count). The van der Waals surface area contributed by atoms with Gasteiger partial charge in [-0.05, 0) is 30.9 Å². The molecule has 2 amide bonds. The summed E-state index contributed by atoms with van der Waals surface area (Å²) < 4.78 is 5.83. The Kier molecular flexibility index (Phi) is 8.11.